The second-order valence-corrected chi connectivity index (χ2v) is 9.83. The lowest BCUT2D eigenvalue weighted by molar-refractivity contribution is -0.303. The van der Waals surface area contributed by atoms with Crippen molar-refractivity contribution in [3.05, 3.63) is 106 Å². The van der Waals surface area contributed by atoms with Crippen molar-refractivity contribution in [1.29, 1.82) is 0 Å². The molecular weight excluding hydrogens is 541 g/mol. The molecule has 0 saturated heterocycles. The van der Waals surface area contributed by atoms with E-state index in [2.05, 4.69) is 14.5 Å². The van der Waals surface area contributed by atoms with Crippen LogP contribution in [-0.4, -0.2) is 31.2 Å². The van der Waals surface area contributed by atoms with E-state index in [-0.39, 0.29) is 17.4 Å². The third-order valence-electron chi connectivity index (χ3n) is 6.03. The van der Waals surface area contributed by atoms with Crippen LogP contribution in [0.25, 0.3) is 0 Å². The highest BCUT2D eigenvalue weighted by Crippen LogP contribution is 2.28. The van der Waals surface area contributed by atoms with Gasteiger partial charge in [0.15, 0.2) is 0 Å². The van der Waals surface area contributed by atoms with Gasteiger partial charge in [-0.1, -0.05) is 56.4 Å². The van der Waals surface area contributed by atoms with Crippen LogP contribution >= 0.6 is 0 Å². The van der Waals surface area contributed by atoms with Gasteiger partial charge in [0, 0.05) is 5.71 Å². The topological polar surface area (TPSA) is 47.9 Å². The number of carbonyl (C=O) groups is 1. The number of nitrogens with zero attached hydrogens (tertiary/aromatic N) is 1. The number of ether oxygens (including phenoxy) is 2. The molecule has 0 aromatic heterocycles. The van der Waals surface area contributed by atoms with Gasteiger partial charge >= 0.3 is 6.36 Å². The third-order valence-corrected chi connectivity index (χ3v) is 6.03. The average molecular weight is 578 g/mol. The van der Waals surface area contributed by atoms with Crippen LogP contribution in [-0.2, 0) is 14.3 Å². The summed E-state index contributed by atoms with van der Waals surface area (Å²) in [5.41, 5.74) is 2.99. The number of rotatable bonds is 9. The minimum atomic E-state index is -4.75. The first-order valence-electron chi connectivity index (χ1n) is 13.4. The first-order valence-corrected chi connectivity index (χ1v) is 13.4. The van der Waals surface area contributed by atoms with Crippen molar-refractivity contribution < 1.29 is 36.2 Å². The van der Waals surface area contributed by atoms with E-state index < -0.39 is 18.0 Å². The number of benzene rings is 1. The average Bonchev–Trinajstić information content (AvgIpc) is 3.37. The zero-order chi connectivity index (χ0) is 30.4. The lowest BCUT2D eigenvalue weighted by atomic mass is 9.97. The van der Waals surface area contributed by atoms with Crippen LogP contribution in [0.4, 0.5) is 22.0 Å². The highest BCUT2D eigenvalue weighted by molar-refractivity contribution is 6.02. The van der Waals surface area contributed by atoms with Crippen LogP contribution in [0.2, 0.25) is 0 Å². The maximum absolute atomic E-state index is 14.1. The lowest BCUT2D eigenvalue weighted by Gasteiger charge is -2.13. The first-order chi connectivity index (χ1) is 19.4. The number of hydrogen-bond acceptors (Lipinski definition) is 4. The van der Waals surface area contributed by atoms with Crippen molar-refractivity contribution in [2.24, 2.45) is 10.9 Å². The molecule has 0 fully saturated rings. The summed E-state index contributed by atoms with van der Waals surface area (Å²) in [6.07, 6.45) is 11.0. The second-order valence-electron chi connectivity index (χ2n) is 9.83. The SMILES string of the molecule is CC(C)COC=O.C\C=C/C(=C\C=C(/C)C1CCC(c2c(F)cccc2F)=N1)C1=C/C=C(OC(F)(F)F)\C=C/CC\1. The molecule has 9 heteroatoms. The summed E-state index contributed by atoms with van der Waals surface area (Å²) in [5.74, 6) is -1.07. The molecule has 4 nitrogen and oxygen atoms in total. The number of halogens is 5. The Morgan fingerprint density at radius 1 is 1.12 bits per heavy atom. The van der Waals surface area contributed by atoms with Crippen LogP contribution < -0.4 is 0 Å². The van der Waals surface area contributed by atoms with Gasteiger partial charge in [0.2, 0.25) is 0 Å². The van der Waals surface area contributed by atoms with Crippen molar-refractivity contribution in [3.8, 4) is 0 Å². The van der Waals surface area contributed by atoms with Crippen LogP contribution in [0, 0.1) is 17.6 Å². The van der Waals surface area contributed by atoms with Crippen LogP contribution in [0.1, 0.15) is 58.9 Å². The molecule has 1 aromatic rings. The third kappa shape index (κ3) is 11.7. The van der Waals surface area contributed by atoms with Crippen molar-refractivity contribution in [3.63, 3.8) is 0 Å². The second kappa shape index (κ2) is 16.5. The Kier molecular flexibility index (Phi) is 13.5. The number of aliphatic imine (C=N–C) groups is 1. The molecule has 0 spiro atoms. The molecule has 2 aliphatic rings. The van der Waals surface area contributed by atoms with Gasteiger partial charge in [-0.3, -0.25) is 9.79 Å². The van der Waals surface area contributed by atoms with E-state index >= 15 is 0 Å². The van der Waals surface area contributed by atoms with Crippen molar-refractivity contribution in [1.82, 2.24) is 0 Å². The fraction of sp³-hybridized carbons (Fsp3) is 0.375. The lowest BCUT2D eigenvalue weighted by Crippen LogP contribution is -2.12. The number of alkyl halides is 3. The van der Waals surface area contributed by atoms with E-state index in [9.17, 15) is 26.7 Å². The Morgan fingerprint density at radius 3 is 2.41 bits per heavy atom. The van der Waals surface area contributed by atoms with Crippen molar-refractivity contribution >= 4 is 12.2 Å². The van der Waals surface area contributed by atoms with Gasteiger partial charge in [0.1, 0.15) is 17.4 Å². The molecule has 3 rings (SSSR count). The summed E-state index contributed by atoms with van der Waals surface area (Å²) < 4.78 is 74.5. The van der Waals surface area contributed by atoms with E-state index in [1.165, 1.54) is 30.4 Å². The minimum Gasteiger partial charge on any atom is -0.468 e. The highest BCUT2D eigenvalue weighted by Gasteiger charge is 2.31. The quantitative estimate of drug-likeness (QED) is 0.167. The fourth-order valence-electron chi connectivity index (χ4n) is 4.10. The first kappa shape index (κ1) is 33.5. The summed E-state index contributed by atoms with van der Waals surface area (Å²) in [6.45, 7) is 8.75. The smallest absolute Gasteiger partial charge is 0.468 e. The van der Waals surface area contributed by atoms with Crippen molar-refractivity contribution in [2.45, 2.75) is 65.8 Å². The van der Waals surface area contributed by atoms with Gasteiger partial charge in [-0.15, -0.1) is 13.2 Å². The van der Waals surface area contributed by atoms with E-state index in [1.807, 2.05) is 52.0 Å². The van der Waals surface area contributed by atoms with Crippen LogP contribution in [0.15, 0.2) is 94.3 Å². The fourth-order valence-corrected chi connectivity index (χ4v) is 4.10. The van der Waals surface area contributed by atoms with Gasteiger partial charge in [-0.25, -0.2) is 8.78 Å². The molecule has 0 saturated carbocycles. The maximum atomic E-state index is 14.1. The van der Waals surface area contributed by atoms with Gasteiger partial charge in [0.25, 0.3) is 6.47 Å². The normalized spacial score (nSPS) is 21.5. The Labute approximate surface area is 238 Å². The van der Waals surface area contributed by atoms with Gasteiger partial charge in [0.05, 0.1) is 18.2 Å². The summed E-state index contributed by atoms with van der Waals surface area (Å²) in [7, 11) is 0. The van der Waals surface area contributed by atoms with Crippen molar-refractivity contribution in [2.75, 3.05) is 6.61 Å². The van der Waals surface area contributed by atoms with Gasteiger partial charge in [-0.05, 0) is 86.5 Å². The molecular formula is C32H36F5NO3. The Morgan fingerprint density at radius 2 is 1.83 bits per heavy atom. The molecule has 0 N–H and O–H groups in total. The van der Waals surface area contributed by atoms with E-state index in [1.54, 1.807) is 12.2 Å². The monoisotopic (exact) mass is 577 g/mol. The molecule has 1 aliphatic carbocycles. The standard InChI is InChI=1S/C27H26F5NO.C5H10O2/c1-3-7-19(20-8-4-5-9-21(15-14-20)34-27(30,31)32)13-12-18(2)24-16-17-25(33-24)26-22(28)10-6-11-23(26)29;1-5(2)3-7-4-6/h3,5-7,9-15,24H,4,8,16-17H2,1-2H3;4-5H,3H2,1-2H3/b7-3-,9-5-,18-12+,19-13+,20-14+,21-15+;. The predicted molar refractivity (Wildman–Crippen MR) is 151 cm³/mol. The molecule has 1 aromatic carbocycles. The Hall–Kier alpha value is -3.75. The Balaban J connectivity index is 0.000000745. The van der Waals surface area contributed by atoms with E-state index in [0.717, 1.165) is 16.7 Å². The molecule has 0 bridgehead atoms. The Bertz CT molecular complexity index is 1230. The van der Waals surface area contributed by atoms with Gasteiger partial charge in [-0.2, -0.15) is 0 Å². The molecule has 1 atom stereocenters. The molecule has 1 aliphatic heterocycles. The minimum absolute atomic E-state index is 0.0701. The number of carbonyl (C=O) groups excluding carboxylic acids is 1. The summed E-state index contributed by atoms with van der Waals surface area (Å²) in [4.78, 5) is 14.0. The molecule has 0 radical (unpaired) electrons. The summed E-state index contributed by atoms with van der Waals surface area (Å²) >= 11 is 0. The molecule has 0 amide bonds. The van der Waals surface area contributed by atoms with Gasteiger partial charge < -0.3 is 9.47 Å². The highest BCUT2D eigenvalue weighted by atomic mass is 19.4. The predicted octanol–water partition coefficient (Wildman–Crippen LogP) is 8.88. The molecule has 41 heavy (non-hydrogen) atoms. The van der Waals surface area contributed by atoms with E-state index in [4.69, 9.17) is 0 Å². The zero-order valence-corrected chi connectivity index (χ0v) is 23.7. The zero-order valence-electron chi connectivity index (χ0n) is 23.7. The number of allylic oxidation sites excluding steroid dienone is 10. The van der Waals surface area contributed by atoms with E-state index in [0.29, 0.717) is 50.4 Å². The largest absolute Gasteiger partial charge is 0.573 e. The summed E-state index contributed by atoms with van der Waals surface area (Å²) in [6, 6.07) is 3.58. The van der Waals surface area contributed by atoms with Crippen LogP contribution in [0.3, 0.4) is 0 Å². The summed E-state index contributed by atoms with van der Waals surface area (Å²) in [5, 5.41) is 0. The number of hydrogen-bond donors (Lipinski definition) is 0. The van der Waals surface area contributed by atoms with Crippen LogP contribution in [0.5, 0.6) is 0 Å². The maximum Gasteiger partial charge on any atom is 0.573 e. The molecule has 1 heterocycles. The molecule has 222 valence electrons. The molecule has 1 unspecified atom stereocenters.